The number of hydrogen-bond donors (Lipinski definition) is 5. The van der Waals surface area contributed by atoms with Gasteiger partial charge >= 0.3 is 6.03 Å². The fraction of sp³-hybridized carbons (Fsp3) is 0.485. The number of carbonyl (C=O) groups excluding carboxylic acids is 2. The van der Waals surface area contributed by atoms with E-state index < -0.39 is 17.7 Å². The highest BCUT2D eigenvalue weighted by Gasteiger charge is 2.51. The van der Waals surface area contributed by atoms with Crippen LogP contribution in [-0.2, 0) is 11.2 Å². The van der Waals surface area contributed by atoms with E-state index in [0.29, 0.717) is 17.9 Å². The first kappa shape index (κ1) is 30.5. The van der Waals surface area contributed by atoms with Gasteiger partial charge in [-0.1, -0.05) is 62.0 Å². The second-order valence-corrected chi connectivity index (χ2v) is 11.4. The summed E-state index contributed by atoms with van der Waals surface area (Å²) in [7, 11) is 0. The lowest BCUT2D eigenvalue weighted by Crippen LogP contribution is -2.54. The normalized spacial score (nSPS) is 16.7. The molecule has 8 heteroatoms. The van der Waals surface area contributed by atoms with Crippen LogP contribution in [0, 0.1) is 0 Å². The van der Waals surface area contributed by atoms with Crippen molar-refractivity contribution in [2.75, 3.05) is 13.1 Å². The van der Waals surface area contributed by atoms with Crippen LogP contribution in [0.2, 0.25) is 0 Å². The summed E-state index contributed by atoms with van der Waals surface area (Å²) in [5.74, 6) is -0.351. The predicted octanol–water partition coefficient (Wildman–Crippen LogP) is 5.02. The van der Waals surface area contributed by atoms with E-state index in [2.05, 4.69) is 71.6 Å². The molecular weight excluding hydrogens is 516 g/mol. The molecule has 2 saturated carbocycles. The van der Waals surface area contributed by atoms with Crippen molar-refractivity contribution in [3.63, 3.8) is 0 Å². The molecular formula is C33H44N4O4. The molecule has 5 N–H and O–H groups in total. The van der Waals surface area contributed by atoms with Crippen LogP contribution in [0.5, 0.6) is 0 Å². The highest BCUT2D eigenvalue weighted by atomic mass is 16.5. The number of carbonyl (C=O) groups is 2. The van der Waals surface area contributed by atoms with Crippen LogP contribution >= 0.6 is 0 Å². The zero-order valence-corrected chi connectivity index (χ0v) is 24.3. The molecule has 4 rings (SSSR count). The van der Waals surface area contributed by atoms with Gasteiger partial charge in [0.15, 0.2) is 0 Å². The largest absolute Gasteiger partial charge is 0.388 e. The van der Waals surface area contributed by atoms with Crippen molar-refractivity contribution in [2.45, 2.75) is 88.9 Å². The number of benzene rings is 2. The first-order valence-electron chi connectivity index (χ1n) is 14.8. The van der Waals surface area contributed by atoms with E-state index in [9.17, 15) is 19.9 Å². The Balaban J connectivity index is 1.28. The number of nitrogens with zero attached hydrogens (tertiary/aromatic N) is 1. The van der Waals surface area contributed by atoms with Gasteiger partial charge in [-0.05, 0) is 86.1 Å². The second kappa shape index (κ2) is 14.0. The standard InChI is InChI=1S/C33H44N4O4/c1-4-24(5-2)7-6-8-25-9-11-27(12-10-25)28-15-13-26(14-16-28)23(3)35-30(33(40)19-20-33)31(38)34-21-22-37(41)32(39)36-29-17-18-29/h9-16,23,29-30,35,40-41H,1,5-8,17-22H2,2-3H3,(H,34,38)(H,36,39)/t23?,30-/m1/s1. The molecule has 2 aliphatic carbocycles. The smallest absolute Gasteiger partial charge is 0.341 e. The lowest BCUT2D eigenvalue weighted by atomic mass is 9.98. The minimum Gasteiger partial charge on any atom is -0.388 e. The summed E-state index contributed by atoms with van der Waals surface area (Å²) in [6.07, 6.45) is 7.10. The minimum atomic E-state index is -1.09. The molecule has 0 aliphatic heterocycles. The molecule has 2 fully saturated rings. The summed E-state index contributed by atoms with van der Waals surface area (Å²) >= 11 is 0. The molecule has 0 aromatic heterocycles. The number of hydrogen-bond acceptors (Lipinski definition) is 5. The Morgan fingerprint density at radius 3 is 2.29 bits per heavy atom. The van der Waals surface area contributed by atoms with E-state index in [0.717, 1.165) is 55.2 Å². The van der Waals surface area contributed by atoms with Crippen LogP contribution in [0.15, 0.2) is 66.4 Å². The van der Waals surface area contributed by atoms with Gasteiger partial charge in [-0.15, -0.1) is 5.73 Å². The van der Waals surface area contributed by atoms with Gasteiger partial charge in [0, 0.05) is 18.6 Å². The molecule has 0 spiro atoms. The highest BCUT2D eigenvalue weighted by molar-refractivity contribution is 5.84. The maximum Gasteiger partial charge on any atom is 0.341 e. The number of rotatable bonds is 15. The van der Waals surface area contributed by atoms with Crippen molar-refractivity contribution in [1.82, 2.24) is 21.0 Å². The Labute approximate surface area is 243 Å². The molecule has 0 radical (unpaired) electrons. The summed E-state index contributed by atoms with van der Waals surface area (Å²) in [4.78, 5) is 24.9. The maximum absolute atomic E-state index is 13.0. The van der Waals surface area contributed by atoms with Crippen molar-refractivity contribution in [1.29, 1.82) is 0 Å². The summed E-state index contributed by atoms with van der Waals surface area (Å²) in [6.45, 7) is 7.92. The number of urea groups is 1. The van der Waals surface area contributed by atoms with Crippen molar-refractivity contribution in [3.05, 3.63) is 77.5 Å². The van der Waals surface area contributed by atoms with E-state index in [-0.39, 0.29) is 31.1 Å². The molecule has 1 unspecified atom stereocenters. The topological polar surface area (TPSA) is 114 Å². The lowest BCUT2D eigenvalue weighted by Gasteiger charge is -2.27. The summed E-state index contributed by atoms with van der Waals surface area (Å²) in [6, 6.07) is 15.5. The van der Waals surface area contributed by atoms with E-state index in [1.807, 2.05) is 19.1 Å². The van der Waals surface area contributed by atoms with Gasteiger partial charge in [-0.2, -0.15) is 0 Å². The third kappa shape index (κ3) is 8.78. The van der Waals surface area contributed by atoms with Crippen molar-refractivity contribution in [3.8, 4) is 11.1 Å². The number of nitrogens with one attached hydrogen (secondary N) is 3. The van der Waals surface area contributed by atoms with Crippen LogP contribution < -0.4 is 16.0 Å². The summed E-state index contributed by atoms with van der Waals surface area (Å²) < 4.78 is 0. The lowest BCUT2D eigenvalue weighted by molar-refractivity contribution is -0.127. The van der Waals surface area contributed by atoms with Gasteiger partial charge in [0.1, 0.15) is 6.04 Å². The van der Waals surface area contributed by atoms with E-state index >= 15 is 0 Å². The van der Waals surface area contributed by atoms with Crippen LogP contribution in [0.3, 0.4) is 0 Å². The van der Waals surface area contributed by atoms with Crippen LogP contribution in [-0.4, -0.2) is 58.1 Å². The van der Waals surface area contributed by atoms with Gasteiger partial charge in [0.05, 0.1) is 12.1 Å². The number of allylic oxidation sites excluding steroid dienone is 1. The average molecular weight is 561 g/mol. The minimum absolute atomic E-state index is 0.0418. The first-order chi connectivity index (χ1) is 19.7. The van der Waals surface area contributed by atoms with Crippen LogP contribution in [0.4, 0.5) is 4.79 Å². The molecule has 2 atom stereocenters. The molecule has 2 aromatic carbocycles. The van der Waals surface area contributed by atoms with Gasteiger partial charge < -0.3 is 15.7 Å². The van der Waals surface area contributed by atoms with Crippen LogP contribution in [0.1, 0.15) is 76.0 Å². The highest BCUT2D eigenvalue weighted by Crippen LogP contribution is 2.39. The molecule has 2 aliphatic rings. The van der Waals surface area contributed by atoms with Crippen molar-refractivity contribution < 1.29 is 19.9 Å². The molecule has 220 valence electrons. The van der Waals surface area contributed by atoms with Crippen LogP contribution in [0.25, 0.3) is 11.1 Å². The molecule has 0 bridgehead atoms. The Kier molecular flexibility index (Phi) is 10.4. The molecule has 2 aromatic rings. The molecule has 0 heterocycles. The first-order valence-corrected chi connectivity index (χ1v) is 14.8. The predicted molar refractivity (Wildman–Crippen MR) is 160 cm³/mol. The van der Waals surface area contributed by atoms with Gasteiger partial charge in [-0.25, -0.2) is 9.86 Å². The van der Waals surface area contributed by atoms with E-state index in [1.54, 1.807) is 0 Å². The fourth-order valence-corrected chi connectivity index (χ4v) is 4.93. The number of hydroxylamine groups is 2. The number of amides is 3. The quantitative estimate of drug-likeness (QED) is 0.119. The Morgan fingerprint density at radius 1 is 1.10 bits per heavy atom. The van der Waals surface area contributed by atoms with Crippen molar-refractivity contribution >= 4 is 11.9 Å². The molecule has 3 amide bonds. The Bertz CT molecular complexity index is 1230. The number of aliphatic hydroxyl groups is 1. The fourth-order valence-electron chi connectivity index (χ4n) is 4.93. The SMILES string of the molecule is C=C=C(CC)CCCc1ccc(-c2ccc(C(C)N[C@H](C(=O)NCCN(O)C(=O)NC3CC3)C3(O)CC3)cc2)cc1. The third-order valence-corrected chi connectivity index (χ3v) is 8.06. The maximum atomic E-state index is 13.0. The third-order valence-electron chi connectivity index (χ3n) is 8.06. The van der Waals surface area contributed by atoms with E-state index in [1.165, 1.54) is 11.1 Å². The molecule has 0 saturated heterocycles. The molecule has 41 heavy (non-hydrogen) atoms. The zero-order valence-electron chi connectivity index (χ0n) is 24.3. The monoisotopic (exact) mass is 560 g/mol. The van der Waals surface area contributed by atoms with Gasteiger partial charge in [-0.3, -0.25) is 15.3 Å². The second-order valence-electron chi connectivity index (χ2n) is 11.4. The van der Waals surface area contributed by atoms with E-state index in [4.69, 9.17) is 0 Å². The number of aryl methyl sites for hydroxylation is 1. The Morgan fingerprint density at radius 2 is 1.73 bits per heavy atom. The summed E-state index contributed by atoms with van der Waals surface area (Å²) in [5.41, 5.74) is 7.81. The Hall–Kier alpha value is -3.42. The average Bonchev–Trinajstić information content (AvgIpc) is 3.93. The summed E-state index contributed by atoms with van der Waals surface area (Å²) in [5, 5.41) is 30.0. The molecule has 8 nitrogen and oxygen atoms in total. The van der Waals surface area contributed by atoms with Crippen molar-refractivity contribution in [2.24, 2.45) is 0 Å². The zero-order chi connectivity index (χ0) is 29.4. The van der Waals surface area contributed by atoms with Gasteiger partial charge in [0.2, 0.25) is 5.91 Å². The van der Waals surface area contributed by atoms with Gasteiger partial charge in [0.25, 0.3) is 0 Å².